The van der Waals surface area contributed by atoms with Crippen LogP contribution in [0.25, 0.3) is 11.1 Å². The SMILES string of the molecule is Cn1cc(NC(=O)CC2c3ccccc3-c3ccccc32)cc1C(=O)O. The maximum absolute atomic E-state index is 12.6. The Labute approximate surface area is 150 Å². The lowest BCUT2D eigenvalue weighted by Crippen LogP contribution is -2.15. The fourth-order valence-electron chi connectivity index (χ4n) is 3.72. The van der Waals surface area contributed by atoms with E-state index in [1.54, 1.807) is 13.2 Å². The molecule has 0 saturated carbocycles. The molecule has 26 heavy (non-hydrogen) atoms. The molecule has 5 nitrogen and oxygen atoms in total. The Balaban J connectivity index is 1.58. The molecule has 5 heteroatoms. The third-order valence-electron chi connectivity index (χ3n) is 4.86. The van der Waals surface area contributed by atoms with Crippen molar-refractivity contribution in [2.24, 2.45) is 7.05 Å². The summed E-state index contributed by atoms with van der Waals surface area (Å²) in [5, 5.41) is 12.0. The number of aromatic nitrogens is 1. The lowest BCUT2D eigenvalue weighted by atomic mass is 9.93. The van der Waals surface area contributed by atoms with Crippen LogP contribution in [-0.4, -0.2) is 21.6 Å². The normalized spacial score (nSPS) is 12.5. The van der Waals surface area contributed by atoms with Crippen molar-refractivity contribution in [3.63, 3.8) is 0 Å². The third kappa shape index (κ3) is 2.67. The molecule has 0 atom stereocenters. The minimum absolute atomic E-state index is 0.00468. The van der Waals surface area contributed by atoms with Crippen molar-refractivity contribution in [3.05, 3.63) is 77.6 Å². The molecule has 2 N–H and O–H groups in total. The summed E-state index contributed by atoms with van der Waals surface area (Å²) in [6.07, 6.45) is 1.92. The number of nitrogens with one attached hydrogen (secondary N) is 1. The van der Waals surface area contributed by atoms with E-state index >= 15 is 0 Å². The molecule has 130 valence electrons. The number of carboxylic acids is 1. The molecule has 0 fully saturated rings. The summed E-state index contributed by atoms with van der Waals surface area (Å²) in [6, 6.07) is 17.8. The van der Waals surface area contributed by atoms with Gasteiger partial charge >= 0.3 is 5.97 Å². The van der Waals surface area contributed by atoms with Crippen molar-refractivity contribution in [2.45, 2.75) is 12.3 Å². The van der Waals surface area contributed by atoms with Crippen LogP contribution < -0.4 is 5.32 Å². The van der Waals surface area contributed by atoms with Gasteiger partial charge in [0.2, 0.25) is 5.91 Å². The van der Waals surface area contributed by atoms with E-state index in [4.69, 9.17) is 5.11 Å². The topological polar surface area (TPSA) is 71.3 Å². The number of carboxylic acid groups (broad SMARTS) is 1. The van der Waals surface area contributed by atoms with Crippen LogP contribution in [0.2, 0.25) is 0 Å². The molecule has 3 aromatic rings. The Kier molecular flexibility index (Phi) is 3.84. The first kappa shape index (κ1) is 16.1. The van der Waals surface area contributed by atoms with Gasteiger partial charge in [-0.15, -0.1) is 0 Å². The molecule has 0 saturated heterocycles. The van der Waals surface area contributed by atoms with Crippen LogP contribution in [0.15, 0.2) is 60.8 Å². The van der Waals surface area contributed by atoms with E-state index in [9.17, 15) is 9.59 Å². The Morgan fingerprint density at radius 3 is 2.15 bits per heavy atom. The van der Waals surface area contributed by atoms with E-state index < -0.39 is 5.97 Å². The number of anilines is 1. The molecule has 1 amide bonds. The first-order chi connectivity index (χ1) is 12.5. The van der Waals surface area contributed by atoms with Crippen molar-refractivity contribution in [1.82, 2.24) is 4.57 Å². The zero-order valence-electron chi connectivity index (χ0n) is 14.3. The van der Waals surface area contributed by atoms with E-state index in [2.05, 4.69) is 29.6 Å². The fraction of sp³-hybridized carbons (Fsp3) is 0.143. The Morgan fingerprint density at radius 2 is 1.62 bits per heavy atom. The quantitative estimate of drug-likeness (QED) is 0.753. The molecule has 1 heterocycles. The molecule has 0 radical (unpaired) electrons. The second kappa shape index (κ2) is 6.19. The molecule has 1 aromatic heterocycles. The summed E-state index contributed by atoms with van der Waals surface area (Å²) in [7, 11) is 1.64. The van der Waals surface area contributed by atoms with Crippen molar-refractivity contribution in [1.29, 1.82) is 0 Å². The molecule has 4 rings (SSSR count). The summed E-state index contributed by atoms with van der Waals surface area (Å²) >= 11 is 0. The van der Waals surface area contributed by atoms with Crippen LogP contribution in [0.5, 0.6) is 0 Å². The van der Waals surface area contributed by atoms with Crippen LogP contribution in [-0.2, 0) is 11.8 Å². The number of carbonyl (C=O) groups is 2. The number of hydrogen-bond acceptors (Lipinski definition) is 2. The molecule has 0 spiro atoms. The first-order valence-electron chi connectivity index (χ1n) is 8.42. The van der Waals surface area contributed by atoms with Gasteiger partial charge in [-0.25, -0.2) is 4.79 Å². The maximum Gasteiger partial charge on any atom is 0.352 e. The van der Waals surface area contributed by atoms with E-state index in [1.165, 1.54) is 21.8 Å². The smallest absolute Gasteiger partial charge is 0.352 e. The number of benzene rings is 2. The second-order valence-corrected chi connectivity index (χ2v) is 6.51. The number of fused-ring (bicyclic) bond motifs is 3. The van der Waals surface area contributed by atoms with Crippen LogP contribution in [0.4, 0.5) is 5.69 Å². The third-order valence-corrected chi connectivity index (χ3v) is 4.86. The lowest BCUT2D eigenvalue weighted by molar-refractivity contribution is -0.116. The van der Waals surface area contributed by atoms with Crippen molar-refractivity contribution >= 4 is 17.6 Å². The Morgan fingerprint density at radius 1 is 1.04 bits per heavy atom. The van der Waals surface area contributed by atoms with E-state index in [-0.39, 0.29) is 17.5 Å². The van der Waals surface area contributed by atoms with E-state index in [0.29, 0.717) is 12.1 Å². The fourth-order valence-corrected chi connectivity index (χ4v) is 3.72. The van der Waals surface area contributed by atoms with Gasteiger partial charge in [0, 0.05) is 25.6 Å². The zero-order valence-corrected chi connectivity index (χ0v) is 14.3. The monoisotopic (exact) mass is 346 g/mol. The highest BCUT2D eigenvalue weighted by Gasteiger charge is 2.29. The highest BCUT2D eigenvalue weighted by Crippen LogP contribution is 2.46. The molecule has 0 aliphatic heterocycles. The van der Waals surface area contributed by atoms with Gasteiger partial charge in [0.15, 0.2) is 0 Å². The minimum Gasteiger partial charge on any atom is -0.477 e. The van der Waals surface area contributed by atoms with Crippen molar-refractivity contribution in [2.75, 3.05) is 5.32 Å². The average Bonchev–Trinajstić information content (AvgIpc) is 3.14. The van der Waals surface area contributed by atoms with Crippen molar-refractivity contribution < 1.29 is 14.7 Å². The molecular weight excluding hydrogens is 328 g/mol. The maximum atomic E-state index is 12.6. The summed E-state index contributed by atoms with van der Waals surface area (Å²) in [6.45, 7) is 0. The Bertz CT molecular complexity index is 974. The van der Waals surface area contributed by atoms with E-state index in [0.717, 1.165) is 11.1 Å². The van der Waals surface area contributed by atoms with Crippen LogP contribution in [0.3, 0.4) is 0 Å². The predicted molar refractivity (Wildman–Crippen MR) is 99.3 cm³/mol. The number of carbonyl (C=O) groups excluding carboxylic acids is 1. The largest absolute Gasteiger partial charge is 0.477 e. The summed E-state index contributed by atoms with van der Waals surface area (Å²) in [5.41, 5.74) is 5.29. The number of aromatic carboxylic acids is 1. The van der Waals surface area contributed by atoms with Gasteiger partial charge in [0.05, 0.1) is 5.69 Å². The van der Waals surface area contributed by atoms with Gasteiger partial charge in [0.25, 0.3) is 0 Å². The number of amides is 1. The van der Waals surface area contributed by atoms with Gasteiger partial charge in [-0.05, 0) is 28.3 Å². The Hall–Kier alpha value is -3.34. The predicted octanol–water partition coefficient (Wildman–Crippen LogP) is 3.86. The molecule has 0 unspecified atom stereocenters. The van der Waals surface area contributed by atoms with Gasteiger partial charge in [-0.1, -0.05) is 48.5 Å². The summed E-state index contributed by atoms with van der Waals surface area (Å²) in [4.78, 5) is 23.8. The molecule has 1 aliphatic rings. The van der Waals surface area contributed by atoms with Gasteiger partial charge in [-0.2, -0.15) is 0 Å². The van der Waals surface area contributed by atoms with Crippen LogP contribution >= 0.6 is 0 Å². The van der Waals surface area contributed by atoms with Crippen molar-refractivity contribution in [3.8, 4) is 11.1 Å². The summed E-state index contributed by atoms with van der Waals surface area (Å²) in [5.74, 6) is -1.15. The van der Waals surface area contributed by atoms with Crippen LogP contribution in [0, 0.1) is 0 Å². The number of hydrogen-bond donors (Lipinski definition) is 2. The molecule has 1 aliphatic carbocycles. The highest BCUT2D eigenvalue weighted by molar-refractivity contribution is 5.95. The van der Waals surface area contributed by atoms with E-state index in [1.807, 2.05) is 24.3 Å². The second-order valence-electron chi connectivity index (χ2n) is 6.51. The molecule has 2 aromatic carbocycles. The average molecular weight is 346 g/mol. The van der Waals surface area contributed by atoms with Gasteiger partial charge in [-0.3, -0.25) is 4.79 Å². The minimum atomic E-state index is -1.02. The van der Waals surface area contributed by atoms with Crippen LogP contribution in [0.1, 0.15) is 34.0 Å². The number of rotatable bonds is 4. The zero-order chi connectivity index (χ0) is 18.3. The first-order valence-corrected chi connectivity index (χ1v) is 8.42. The van der Waals surface area contributed by atoms with Gasteiger partial charge in [0.1, 0.15) is 5.69 Å². The van der Waals surface area contributed by atoms with Gasteiger partial charge < -0.3 is 15.0 Å². The number of aryl methyl sites for hydroxylation is 1. The number of nitrogens with zero attached hydrogens (tertiary/aromatic N) is 1. The lowest BCUT2D eigenvalue weighted by Gasteiger charge is -2.13. The molecule has 0 bridgehead atoms. The molecular formula is C21H18N2O3. The standard InChI is InChI=1S/C21H18N2O3/c1-23-12-13(10-19(23)21(25)26)22-20(24)11-18-16-8-4-2-6-14(16)15-7-3-5-9-17(15)18/h2-10,12,18H,11H2,1H3,(H,22,24)(H,25,26). The summed E-state index contributed by atoms with van der Waals surface area (Å²) < 4.78 is 1.48. The highest BCUT2D eigenvalue weighted by atomic mass is 16.4.